The maximum atomic E-state index is 10.8. The van der Waals surface area contributed by atoms with Crippen LogP contribution >= 0.6 is 0 Å². The van der Waals surface area contributed by atoms with Crippen LogP contribution in [0.5, 0.6) is 0 Å². The van der Waals surface area contributed by atoms with Crippen LogP contribution in [-0.2, 0) is 13.3 Å². The van der Waals surface area contributed by atoms with E-state index in [0.29, 0.717) is 19.8 Å². The zero-order chi connectivity index (χ0) is 21.5. The Labute approximate surface area is 183 Å². The van der Waals surface area contributed by atoms with E-state index in [4.69, 9.17) is 13.3 Å². The molecule has 176 valence electrons. The van der Waals surface area contributed by atoms with Gasteiger partial charge < -0.3 is 18.1 Å². The number of hydrogen-bond donors (Lipinski definition) is 1. The topological polar surface area (TPSA) is 47.9 Å². The van der Waals surface area contributed by atoms with Gasteiger partial charge in [-0.15, -0.1) is 0 Å². The fourth-order valence-electron chi connectivity index (χ4n) is 3.38. The summed E-state index contributed by atoms with van der Waals surface area (Å²) >= 11 is 0. The lowest BCUT2D eigenvalue weighted by atomic mass is 10.1. The molecule has 0 bridgehead atoms. The second kappa shape index (κ2) is 22.7. The van der Waals surface area contributed by atoms with E-state index in [1.165, 1.54) is 77.0 Å². The molecule has 0 aromatic heterocycles. The minimum absolute atomic E-state index is 0.543. The molecule has 0 atom stereocenters. The van der Waals surface area contributed by atoms with Gasteiger partial charge in [-0.1, -0.05) is 117 Å². The molecule has 1 N–H and O–H groups in total. The first-order valence-corrected chi connectivity index (χ1v) is 14.5. The van der Waals surface area contributed by atoms with Crippen LogP contribution in [0.1, 0.15) is 136 Å². The van der Waals surface area contributed by atoms with Crippen molar-refractivity contribution in [1.82, 2.24) is 0 Å². The molecular formula is C24H52O4Si. The van der Waals surface area contributed by atoms with E-state index < -0.39 is 9.05 Å². The Morgan fingerprint density at radius 1 is 0.414 bits per heavy atom. The van der Waals surface area contributed by atoms with Gasteiger partial charge in [0.2, 0.25) is 0 Å². The molecule has 0 fully saturated rings. The number of unbranched alkanes of at least 4 members (excludes halogenated alkanes) is 15. The van der Waals surface area contributed by atoms with Crippen molar-refractivity contribution in [3.05, 3.63) is 0 Å². The molecule has 0 aliphatic heterocycles. The van der Waals surface area contributed by atoms with Crippen molar-refractivity contribution in [3.8, 4) is 0 Å². The summed E-state index contributed by atoms with van der Waals surface area (Å²) in [6, 6.07) is 0. The molecule has 0 spiro atoms. The van der Waals surface area contributed by atoms with E-state index in [-0.39, 0.29) is 0 Å². The van der Waals surface area contributed by atoms with Gasteiger partial charge in [0.15, 0.2) is 0 Å². The van der Waals surface area contributed by atoms with Gasteiger partial charge in [0, 0.05) is 19.8 Å². The summed E-state index contributed by atoms with van der Waals surface area (Å²) in [5.74, 6) is 0. The smallest absolute Gasteiger partial charge is 0.367 e. The minimum atomic E-state index is -3.48. The SMILES string of the molecule is CCCCCCCCO[Si](O)(OCCCCCCCC)OCCCCCCCC. The summed E-state index contributed by atoms with van der Waals surface area (Å²) < 4.78 is 17.3. The molecular weight excluding hydrogens is 380 g/mol. The highest BCUT2D eigenvalue weighted by Gasteiger charge is 2.40. The van der Waals surface area contributed by atoms with E-state index >= 15 is 0 Å². The van der Waals surface area contributed by atoms with Crippen molar-refractivity contribution in [1.29, 1.82) is 0 Å². The maximum Gasteiger partial charge on any atom is 0.676 e. The maximum absolute atomic E-state index is 10.8. The molecule has 4 nitrogen and oxygen atoms in total. The van der Waals surface area contributed by atoms with Crippen LogP contribution in [0, 0.1) is 0 Å². The third kappa shape index (κ3) is 21.1. The molecule has 0 aliphatic carbocycles. The highest BCUT2D eigenvalue weighted by Crippen LogP contribution is 2.13. The summed E-state index contributed by atoms with van der Waals surface area (Å²) in [6.45, 7) is 8.33. The monoisotopic (exact) mass is 432 g/mol. The van der Waals surface area contributed by atoms with Crippen molar-refractivity contribution < 1.29 is 18.1 Å². The normalized spacial score (nSPS) is 12.0. The van der Waals surface area contributed by atoms with E-state index in [2.05, 4.69) is 20.8 Å². The van der Waals surface area contributed by atoms with Gasteiger partial charge in [0.25, 0.3) is 0 Å². The first-order chi connectivity index (χ1) is 14.2. The lowest BCUT2D eigenvalue weighted by Crippen LogP contribution is -2.47. The van der Waals surface area contributed by atoms with Crippen LogP contribution in [0.2, 0.25) is 0 Å². The number of hydrogen-bond acceptors (Lipinski definition) is 4. The van der Waals surface area contributed by atoms with Gasteiger partial charge >= 0.3 is 9.05 Å². The van der Waals surface area contributed by atoms with Gasteiger partial charge in [0.05, 0.1) is 0 Å². The zero-order valence-electron chi connectivity index (χ0n) is 20.0. The van der Waals surface area contributed by atoms with E-state index in [1.54, 1.807) is 0 Å². The molecule has 0 aliphatic rings. The lowest BCUT2D eigenvalue weighted by Gasteiger charge is -2.23. The van der Waals surface area contributed by atoms with Crippen LogP contribution in [0.25, 0.3) is 0 Å². The summed E-state index contributed by atoms with van der Waals surface area (Å²) in [5.41, 5.74) is 0. The van der Waals surface area contributed by atoms with Crippen LogP contribution in [0.3, 0.4) is 0 Å². The second-order valence-electron chi connectivity index (χ2n) is 8.37. The van der Waals surface area contributed by atoms with Gasteiger partial charge in [-0.3, -0.25) is 0 Å². The highest BCUT2D eigenvalue weighted by atomic mass is 28.4. The Kier molecular flexibility index (Phi) is 22.8. The molecule has 0 aromatic rings. The lowest BCUT2D eigenvalue weighted by molar-refractivity contribution is -0.0103. The van der Waals surface area contributed by atoms with Crippen molar-refractivity contribution >= 4 is 9.05 Å². The van der Waals surface area contributed by atoms with Crippen molar-refractivity contribution in [2.45, 2.75) is 136 Å². The summed E-state index contributed by atoms with van der Waals surface area (Å²) in [6.07, 6.45) is 21.7. The Balaban J connectivity index is 4.03. The quantitative estimate of drug-likeness (QED) is 0.126. The Hall–Kier alpha value is 0.0569. The molecule has 0 saturated heterocycles. The van der Waals surface area contributed by atoms with Crippen LogP contribution in [-0.4, -0.2) is 33.7 Å². The second-order valence-corrected chi connectivity index (χ2v) is 10.3. The first-order valence-electron chi connectivity index (χ1n) is 12.8. The zero-order valence-corrected chi connectivity index (χ0v) is 21.0. The molecule has 0 unspecified atom stereocenters. The van der Waals surface area contributed by atoms with Crippen LogP contribution in [0.4, 0.5) is 0 Å². The van der Waals surface area contributed by atoms with E-state index in [0.717, 1.165) is 38.5 Å². The number of rotatable bonds is 24. The summed E-state index contributed by atoms with van der Waals surface area (Å²) in [7, 11) is -3.48. The molecule has 0 saturated carbocycles. The van der Waals surface area contributed by atoms with E-state index in [1.807, 2.05) is 0 Å². The molecule has 0 amide bonds. The van der Waals surface area contributed by atoms with Crippen LogP contribution in [0.15, 0.2) is 0 Å². The average Bonchev–Trinajstić information content (AvgIpc) is 2.72. The predicted molar refractivity (Wildman–Crippen MR) is 126 cm³/mol. The van der Waals surface area contributed by atoms with Gasteiger partial charge in [-0.05, 0) is 19.3 Å². The minimum Gasteiger partial charge on any atom is -0.367 e. The van der Waals surface area contributed by atoms with Gasteiger partial charge in [0.1, 0.15) is 0 Å². The fraction of sp³-hybridized carbons (Fsp3) is 1.00. The molecule has 29 heavy (non-hydrogen) atoms. The van der Waals surface area contributed by atoms with E-state index in [9.17, 15) is 4.80 Å². The van der Waals surface area contributed by atoms with Crippen molar-refractivity contribution in [2.75, 3.05) is 19.8 Å². The summed E-state index contributed by atoms with van der Waals surface area (Å²) in [5, 5.41) is 0. The Bertz CT molecular complexity index is 270. The summed E-state index contributed by atoms with van der Waals surface area (Å²) in [4.78, 5) is 10.8. The third-order valence-corrected chi connectivity index (χ3v) is 7.05. The Morgan fingerprint density at radius 2 is 0.655 bits per heavy atom. The highest BCUT2D eigenvalue weighted by molar-refractivity contribution is 6.51. The van der Waals surface area contributed by atoms with Crippen molar-refractivity contribution in [2.24, 2.45) is 0 Å². The molecule has 0 radical (unpaired) electrons. The molecule has 0 aromatic carbocycles. The fourth-order valence-corrected chi connectivity index (χ4v) is 4.83. The van der Waals surface area contributed by atoms with Crippen molar-refractivity contribution in [3.63, 3.8) is 0 Å². The first kappa shape index (κ1) is 29.1. The molecule has 5 heteroatoms. The molecule has 0 heterocycles. The van der Waals surface area contributed by atoms with Gasteiger partial charge in [-0.25, -0.2) is 0 Å². The van der Waals surface area contributed by atoms with Crippen LogP contribution < -0.4 is 0 Å². The third-order valence-electron chi connectivity index (χ3n) is 5.35. The largest absolute Gasteiger partial charge is 0.676 e. The predicted octanol–water partition coefficient (Wildman–Crippen LogP) is 7.55. The Morgan fingerprint density at radius 3 is 0.931 bits per heavy atom. The average molecular weight is 433 g/mol. The standard InChI is InChI=1S/C24H52O4Si/c1-4-7-10-13-16-19-22-26-29(25,27-23-20-17-14-11-8-5-2)28-24-21-18-15-12-9-6-3/h25H,4-24H2,1-3H3. The van der Waals surface area contributed by atoms with Gasteiger partial charge in [-0.2, -0.15) is 0 Å². The molecule has 0 rings (SSSR count).